The lowest BCUT2D eigenvalue weighted by Crippen LogP contribution is -2.09. The molecule has 0 radical (unpaired) electrons. The van der Waals surface area contributed by atoms with Crippen LogP contribution in [0.1, 0.15) is 21.5 Å². The molecule has 3 nitrogen and oxygen atoms in total. The Morgan fingerprint density at radius 1 is 1.00 bits per heavy atom. The van der Waals surface area contributed by atoms with E-state index in [0.717, 1.165) is 0 Å². The van der Waals surface area contributed by atoms with Crippen LogP contribution < -0.4 is 9.47 Å². The van der Waals surface area contributed by atoms with Gasteiger partial charge in [0.15, 0.2) is 0 Å². The van der Waals surface area contributed by atoms with Crippen LogP contribution in [0.5, 0.6) is 11.5 Å². The predicted octanol–water partition coefficient (Wildman–Crippen LogP) is 3.38. The highest BCUT2D eigenvalue weighted by atomic mass is 19.1. The molecule has 0 aliphatic rings. The van der Waals surface area contributed by atoms with Crippen molar-refractivity contribution in [1.29, 1.82) is 0 Å². The Bertz CT molecular complexity index is 628. The summed E-state index contributed by atoms with van der Waals surface area (Å²) in [6, 6.07) is 9.71. The van der Waals surface area contributed by atoms with Gasteiger partial charge in [-0.2, -0.15) is 0 Å². The number of hydrogen-bond acceptors (Lipinski definition) is 3. The van der Waals surface area contributed by atoms with Crippen molar-refractivity contribution in [3.63, 3.8) is 0 Å². The molecule has 0 saturated carbocycles. The van der Waals surface area contributed by atoms with Gasteiger partial charge >= 0.3 is 0 Å². The number of rotatable bonds is 4. The van der Waals surface area contributed by atoms with Gasteiger partial charge in [0.05, 0.1) is 19.8 Å². The van der Waals surface area contributed by atoms with Gasteiger partial charge in [0.1, 0.15) is 22.9 Å². The minimum absolute atomic E-state index is 0.00722. The number of hydrogen-bond donors (Lipinski definition) is 0. The van der Waals surface area contributed by atoms with Gasteiger partial charge in [0, 0.05) is 0 Å². The Morgan fingerprint density at radius 2 is 1.55 bits per heavy atom. The van der Waals surface area contributed by atoms with Gasteiger partial charge in [-0.25, -0.2) is 4.39 Å². The molecule has 0 spiro atoms. The highest BCUT2D eigenvalue weighted by molar-refractivity contribution is 6.12. The molecule has 0 saturated heterocycles. The molecule has 0 aromatic heterocycles. The van der Waals surface area contributed by atoms with Gasteiger partial charge in [0.25, 0.3) is 0 Å². The molecular formula is C16H15FO3. The Balaban J connectivity index is 2.61. The first-order valence-electron chi connectivity index (χ1n) is 6.11. The third-order valence-electron chi connectivity index (χ3n) is 3.09. The Kier molecular flexibility index (Phi) is 4.03. The molecule has 4 heteroatoms. The molecule has 0 amide bonds. The van der Waals surface area contributed by atoms with Crippen LogP contribution in [0.25, 0.3) is 0 Å². The number of methoxy groups -OCH3 is 2. The van der Waals surface area contributed by atoms with Crippen molar-refractivity contribution in [2.75, 3.05) is 14.2 Å². The number of carbonyl (C=O) groups excluding carboxylic acids is 1. The Labute approximate surface area is 117 Å². The van der Waals surface area contributed by atoms with Crippen molar-refractivity contribution in [3.05, 3.63) is 58.9 Å². The number of aryl methyl sites for hydroxylation is 1. The summed E-state index contributed by atoms with van der Waals surface area (Å²) in [5.41, 5.74) is 0.652. The summed E-state index contributed by atoms with van der Waals surface area (Å²) in [5.74, 6) is -0.267. The van der Waals surface area contributed by atoms with Crippen molar-refractivity contribution in [3.8, 4) is 11.5 Å². The minimum Gasteiger partial charge on any atom is -0.496 e. The first-order chi connectivity index (χ1) is 9.60. The molecule has 0 atom stereocenters. The van der Waals surface area contributed by atoms with Crippen molar-refractivity contribution in [2.45, 2.75) is 6.92 Å². The van der Waals surface area contributed by atoms with E-state index in [-0.39, 0.29) is 11.1 Å². The quantitative estimate of drug-likeness (QED) is 0.802. The lowest BCUT2D eigenvalue weighted by atomic mass is 9.99. The van der Waals surface area contributed by atoms with Gasteiger partial charge in [-0.15, -0.1) is 0 Å². The van der Waals surface area contributed by atoms with E-state index in [4.69, 9.17) is 9.47 Å². The molecule has 104 valence electrons. The first-order valence-corrected chi connectivity index (χ1v) is 6.11. The Morgan fingerprint density at radius 3 is 2.10 bits per heavy atom. The van der Waals surface area contributed by atoms with Gasteiger partial charge in [-0.05, 0) is 30.7 Å². The summed E-state index contributed by atoms with van der Waals surface area (Å²) in [4.78, 5) is 12.6. The summed E-state index contributed by atoms with van der Waals surface area (Å²) in [5, 5.41) is 0. The summed E-state index contributed by atoms with van der Waals surface area (Å²) in [7, 11) is 2.91. The van der Waals surface area contributed by atoms with Crippen LogP contribution in [0, 0.1) is 12.7 Å². The highest BCUT2D eigenvalue weighted by Crippen LogP contribution is 2.31. The average molecular weight is 274 g/mol. The molecule has 0 aliphatic carbocycles. The van der Waals surface area contributed by atoms with Crippen molar-refractivity contribution in [1.82, 2.24) is 0 Å². The first kappa shape index (κ1) is 14.1. The van der Waals surface area contributed by atoms with E-state index in [1.807, 2.05) is 0 Å². The molecule has 0 N–H and O–H groups in total. The smallest absolute Gasteiger partial charge is 0.203 e. The van der Waals surface area contributed by atoms with E-state index in [1.165, 1.54) is 20.3 Å². The maximum absolute atomic E-state index is 14.1. The van der Waals surface area contributed by atoms with E-state index < -0.39 is 11.6 Å². The van der Waals surface area contributed by atoms with Gasteiger partial charge in [-0.3, -0.25) is 4.79 Å². The van der Waals surface area contributed by atoms with Crippen LogP contribution in [-0.4, -0.2) is 20.0 Å². The lowest BCUT2D eigenvalue weighted by Gasteiger charge is -2.12. The van der Waals surface area contributed by atoms with Crippen LogP contribution in [0.3, 0.4) is 0 Å². The molecule has 0 unspecified atom stereocenters. The van der Waals surface area contributed by atoms with Gasteiger partial charge in [0.2, 0.25) is 5.78 Å². The predicted molar refractivity (Wildman–Crippen MR) is 74.1 cm³/mol. The lowest BCUT2D eigenvalue weighted by molar-refractivity contribution is 0.102. The zero-order valence-electron chi connectivity index (χ0n) is 11.6. The fourth-order valence-electron chi connectivity index (χ4n) is 2.03. The normalized spacial score (nSPS) is 10.2. The van der Waals surface area contributed by atoms with E-state index in [9.17, 15) is 9.18 Å². The second-order valence-corrected chi connectivity index (χ2v) is 4.30. The number of ketones is 1. The Hall–Kier alpha value is -2.36. The van der Waals surface area contributed by atoms with E-state index in [2.05, 4.69) is 0 Å². The van der Waals surface area contributed by atoms with Crippen LogP contribution >= 0.6 is 0 Å². The van der Waals surface area contributed by atoms with Crippen molar-refractivity contribution >= 4 is 5.78 Å². The molecule has 2 aromatic carbocycles. The largest absolute Gasteiger partial charge is 0.496 e. The molecular weight excluding hydrogens is 259 g/mol. The van der Waals surface area contributed by atoms with E-state index in [1.54, 1.807) is 37.3 Å². The highest BCUT2D eigenvalue weighted by Gasteiger charge is 2.22. The molecule has 20 heavy (non-hydrogen) atoms. The monoisotopic (exact) mass is 274 g/mol. The van der Waals surface area contributed by atoms with Crippen LogP contribution in [0.15, 0.2) is 36.4 Å². The zero-order valence-corrected chi connectivity index (χ0v) is 11.6. The number of ether oxygens (including phenoxy) is 2. The molecule has 0 bridgehead atoms. The minimum atomic E-state index is -0.523. The van der Waals surface area contributed by atoms with Crippen LogP contribution in [0.4, 0.5) is 4.39 Å². The summed E-state index contributed by atoms with van der Waals surface area (Å²) < 4.78 is 24.5. The zero-order chi connectivity index (χ0) is 14.7. The third-order valence-corrected chi connectivity index (χ3v) is 3.09. The number of carbonyl (C=O) groups is 1. The second-order valence-electron chi connectivity index (χ2n) is 4.30. The van der Waals surface area contributed by atoms with Crippen molar-refractivity contribution < 1.29 is 18.7 Å². The summed E-state index contributed by atoms with van der Waals surface area (Å²) in [6.07, 6.45) is 0. The molecule has 2 aromatic rings. The van der Waals surface area contributed by atoms with Gasteiger partial charge in [-0.1, -0.05) is 18.2 Å². The average Bonchev–Trinajstić information content (AvgIpc) is 2.48. The topological polar surface area (TPSA) is 35.5 Å². The standard InChI is InChI=1S/C16H15FO3/c1-10-6-4-7-11(15(10)17)16(18)14-12(19-2)8-5-9-13(14)20-3/h4-9H,1-3H3. The van der Waals surface area contributed by atoms with Crippen LogP contribution in [0.2, 0.25) is 0 Å². The second kappa shape index (κ2) is 5.74. The fourth-order valence-corrected chi connectivity index (χ4v) is 2.03. The number of halogens is 1. The maximum atomic E-state index is 14.1. The SMILES string of the molecule is COc1cccc(OC)c1C(=O)c1cccc(C)c1F. The third kappa shape index (κ3) is 2.37. The van der Waals surface area contributed by atoms with E-state index >= 15 is 0 Å². The fraction of sp³-hybridized carbons (Fsp3) is 0.188. The molecule has 2 rings (SSSR count). The molecule has 0 aliphatic heterocycles. The molecule has 0 heterocycles. The van der Waals surface area contributed by atoms with Gasteiger partial charge < -0.3 is 9.47 Å². The van der Waals surface area contributed by atoms with E-state index in [0.29, 0.717) is 17.1 Å². The van der Waals surface area contributed by atoms with Crippen molar-refractivity contribution in [2.24, 2.45) is 0 Å². The van der Waals surface area contributed by atoms with Crippen LogP contribution in [-0.2, 0) is 0 Å². The number of benzene rings is 2. The summed E-state index contributed by atoms with van der Waals surface area (Å²) >= 11 is 0. The molecule has 0 fully saturated rings. The maximum Gasteiger partial charge on any atom is 0.203 e. The summed E-state index contributed by atoms with van der Waals surface area (Å²) in [6.45, 7) is 1.62.